The number of aliphatic carboxylic acids is 2. The number of carboxylic acids is 2. The van der Waals surface area contributed by atoms with Gasteiger partial charge in [-0.2, -0.15) is 0 Å². The number of rotatable bonds is 4. The molecule has 0 bridgehead atoms. The number of fused-ring (bicyclic) bond motifs is 14. The summed E-state index contributed by atoms with van der Waals surface area (Å²) in [6.45, 7) is 30.8. The summed E-state index contributed by atoms with van der Waals surface area (Å²) in [5.41, 5.74) is 1.75. The van der Waals surface area contributed by atoms with Gasteiger partial charge in [0.1, 0.15) is 12.6 Å². The summed E-state index contributed by atoms with van der Waals surface area (Å²) in [4.78, 5) is 50.3. The molecular weight excluding hydrogens is 1900 g/mol. The van der Waals surface area contributed by atoms with Gasteiger partial charge in [0.25, 0.3) is 0 Å². The average molecular weight is 2000 g/mol. The van der Waals surface area contributed by atoms with Gasteiger partial charge < -0.3 is 24.9 Å². The highest BCUT2D eigenvalue weighted by atomic mass is 33.5. The number of carbonyl (C=O) groups excluding carboxylic acids is 2. The first kappa shape index (κ1) is 93.1. The molecule has 0 amide bonds. The quantitative estimate of drug-likeness (QED) is 0.184. The minimum absolute atomic E-state index is 0.00538. The summed E-state index contributed by atoms with van der Waals surface area (Å²) in [6, 6.07) is 0. The number of hydrogen-bond donors (Lipinski definition) is 3. The summed E-state index contributed by atoms with van der Waals surface area (Å²) >= 11 is 18.9. The van der Waals surface area contributed by atoms with Crippen molar-refractivity contribution < 1.29 is 34.5 Å². The molecule has 7 nitrogen and oxygen atoms in total. The van der Waals surface area contributed by atoms with Crippen molar-refractivity contribution in [1.82, 2.24) is 0 Å². The van der Waals surface area contributed by atoms with Crippen molar-refractivity contribution in [3.8, 4) is 0 Å². The monoisotopic (exact) mass is 1990 g/mol. The summed E-state index contributed by atoms with van der Waals surface area (Å²) in [7, 11) is 48.9. The van der Waals surface area contributed by atoms with Gasteiger partial charge >= 0.3 is 11.9 Å². The fourth-order valence-electron chi connectivity index (χ4n) is 21.5. The van der Waals surface area contributed by atoms with E-state index in [0.717, 1.165) is 122 Å². The standard InChI is InChI=1S/C31H48O3.C30H46O4.S17.S16/c1-20-10-12-27(4)23(28(20,5)19-32)11-13-30(7)24(27)9-8-21-22-18-26(2,3)14-16-31(22,25(33)34)17-15-29(21,30)6;1-25(2)13-15-30(24(33)34)16-14-28(5)19(20(30)17-25)7-8-22-26(3)11-10-23(32)27(4,18-31)21(26)9-12-29(22,28)6;1-3-5-7-9-11-13-15-17-16-14-12-10-8-6-4-2;1-3-5-7-9-11-13-15-16-14-12-10-8-6-4-2/h8,19-20,22-24H,9-18H2,1-7H3,(H,33,34);7,18,20-23,32H,8-17H2,1-6H3,(H,33,34);;/t20-,22?,23+,24?,27?,28-,29+,30-,31-;20?,21-,22?,23+,26?,27-,28-,29+,30+;;/m01../s1. The van der Waals surface area contributed by atoms with Crippen molar-refractivity contribution in [2.24, 2.45) is 106 Å². The third-order valence-corrected chi connectivity index (χ3v) is 87.3. The van der Waals surface area contributed by atoms with Crippen LogP contribution >= 0.6 is 0 Å². The highest BCUT2D eigenvalue weighted by molar-refractivity contribution is 8.78. The van der Waals surface area contributed by atoms with Gasteiger partial charge in [-0.25, -0.2) is 0 Å². The van der Waals surface area contributed by atoms with E-state index in [0.29, 0.717) is 30.1 Å². The Labute approximate surface area is 704 Å². The Balaban J connectivity index is 0.000000201. The van der Waals surface area contributed by atoms with Crippen LogP contribution in [0.3, 0.4) is 0 Å². The van der Waals surface area contributed by atoms with E-state index in [1.165, 1.54) is 59.4 Å². The smallest absolute Gasteiger partial charge is 0.310 e. The predicted octanol–water partition coefficient (Wildman–Crippen LogP) is 14.0. The molecule has 8 saturated carbocycles. The minimum atomic E-state index is -0.669. The van der Waals surface area contributed by atoms with Crippen LogP contribution < -0.4 is 0 Å². The fraction of sp³-hybridized carbons (Fsp3) is 0.869. The van der Waals surface area contributed by atoms with E-state index in [2.05, 4.69) is 95.2 Å². The van der Waals surface area contributed by atoms with Gasteiger partial charge in [-0.15, -0.1) is 0 Å². The lowest BCUT2D eigenvalue weighted by Crippen LogP contribution is -2.65. The molecule has 0 spiro atoms. The van der Waals surface area contributed by atoms with Crippen LogP contribution in [0.5, 0.6) is 0 Å². The molecule has 6 unspecified atom stereocenters. The van der Waals surface area contributed by atoms with Gasteiger partial charge in [-0.3, -0.25) is 9.59 Å². The van der Waals surface area contributed by atoms with E-state index in [-0.39, 0.29) is 66.5 Å². The molecular formula is C61H94O7S33. The van der Waals surface area contributed by atoms with E-state index in [4.69, 9.17) is 44.8 Å². The lowest BCUT2D eigenvalue weighted by molar-refractivity contribution is -0.204. The van der Waals surface area contributed by atoms with Gasteiger partial charge in [0.05, 0.1) is 22.3 Å². The molecule has 578 valence electrons. The van der Waals surface area contributed by atoms with Crippen molar-refractivity contribution in [3.05, 3.63) is 23.3 Å². The van der Waals surface area contributed by atoms with E-state index in [1.54, 1.807) is 222 Å². The Hall–Kier alpha value is 4.98. The SMILES string of the molecule is CC1(C)CC[C@]2(C(=O)O)CC[C@]3(C)C(=CCC4C5(C)CC[C@H](O)[C@](C)(C=O)[C@@H]5CC[C@@]43C)C2C1.C[C@H]1CCC2(C)C3CC=C4C5CC(C)(C)CC[C@]5(C(=O)O)CC[C@@]4(C)[C@@]3(C)CC[C@H]2[C@@]1(C)C=O.S=S=S=S=S=S=S=S=S=S=S=S=S=S=S=S.S=S=S=S=S=S=S=S=S=S=S=S=S=S=S=S=S. The highest BCUT2D eigenvalue weighted by Gasteiger charge is 2.72. The van der Waals surface area contributed by atoms with Crippen LogP contribution in [0.1, 0.15) is 218 Å². The molecule has 0 saturated heterocycles. The summed E-state index contributed by atoms with van der Waals surface area (Å²) in [5.74, 6) is 1.28. The van der Waals surface area contributed by atoms with E-state index in [1.807, 2.05) is 6.92 Å². The molecule has 8 fully saturated rings. The van der Waals surface area contributed by atoms with E-state index < -0.39 is 34.3 Å². The Bertz CT molecular complexity index is 4450. The minimum Gasteiger partial charge on any atom is -0.481 e. The van der Waals surface area contributed by atoms with Gasteiger partial charge in [-0.05, 0) is 213 Å². The normalized spacial score (nSPS) is 38.7. The van der Waals surface area contributed by atoms with E-state index >= 15 is 0 Å². The molecule has 0 heterocycles. The maximum atomic E-state index is 12.8. The molecule has 18 atom stereocenters. The van der Waals surface area contributed by atoms with Gasteiger partial charge in [0.2, 0.25) is 0 Å². The van der Waals surface area contributed by atoms with Gasteiger partial charge in [0.15, 0.2) is 0 Å². The molecule has 40 heteroatoms. The zero-order chi connectivity index (χ0) is 74.4. The molecule has 0 radical (unpaired) electrons. The van der Waals surface area contributed by atoms with Crippen LogP contribution in [0.4, 0.5) is 0 Å². The second kappa shape index (κ2) is 41.2. The zero-order valence-electron chi connectivity index (χ0n) is 58.5. The molecule has 10 rings (SSSR count). The third-order valence-electron chi connectivity index (χ3n) is 27.3. The molecule has 10 aliphatic carbocycles. The summed E-state index contributed by atoms with van der Waals surface area (Å²) in [6.07, 6.45) is 26.4. The summed E-state index contributed by atoms with van der Waals surface area (Å²) < 4.78 is 0. The number of aldehydes is 2. The second-order valence-electron chi connectivity index (χ2n) is 31.8. The van der Waals surface area contributed by atoms with E-state index in [9.17, 15) is 34.5 Å². The fourth-order valence-corrected chi connectivity index (χ4v) is 90.2. The maximum Gasteiger partial charge on any atom is 0.310 e. The number of aliphatic hydroxyl groups excluding tert-OH is 1. The topological polar surface area (TPSA) is 129 Å². The lowest BCUT2D eigenvalue weighted by Gasteiger charge is -2.71. The molecule has 101 heavy (non-hydrogen) atoms. The average Bonchev–Trinajstić information content (AvgIpc) is 0.683. The van der Waals surface area contributed by atoms with Crippen LogP contribution in [0.15, 0.2) is 23.3 Å². The van der Waals surface area contributed by atoms with Crippen LogP contribution in [0, 0.1) is 106 Å². The zero-order valence-corrected chi connectivity index (χ0v) is 85.5. The Kier molecular flexibility index (Phi) is 38.0. The number of hydrogen-bond acceptors (Lipinski definition) is 9. The first-order valence-electron chi connectivity index (χ1n) is 33.1. The van der Waals surface area contributed by atoms with Gasteiger partial charge in [-0.1, -0.05) is 113 Å². The number of aliphatic hydroxyl groups is 1. The Morgan fingerprint density at radius 1 is 0.386 bits per heavy atom. The van der Waals surface area contributed by atoms with Crippen molar-refractivity contribution in [3.63, 3.8) is 0 Å². The molecule has 10 aliphatic rings. The Morgan fingerprint density at radius 3 is 0.970 bits per heavy atom. The number of allylic oxidation sites excluding steroid dienone is 4. The number of carboxylic acid groups (broad SMARTS) is 2. The maximum absolute atomic E-state index is 12.8. The van der Waals surface area contributed by atoms with Crippen LogP contribution in [-0.2, 0) is 321 Å². The largest absolute Gasteiger partial charge is 0.481 e. The molecule has 0 aliphatic heterocycles. The highest BCUT2D eigenvalue weighted by Crippen LogP contribution is 2.78. The molecule has 0 aromatic rings. The van der Waals surface area contributed by atoms with Crippen molar-refractivity contribution in [2.45, 2.75) is 225 Å². The van der Waals surface area contributed by atoms with Crippen molar-refractivity contribution in [2.75, 3.05) is 0 Å². The van der Waals surface area contributed by atoms with Crippen molar-refractivity contribution >= 4 is 327 Å². The second-order valence-corrected chi connectivity index (χ2v) is 83.1. The molecule has 3 N–H and O–H groups in total. The summed E-state index contributed by atoms with van der Waals surface area (Å²) in [5, 5.41) is 31.8. The van der Waals surface area contributed by atoms with Crippen molar-refractivity contribution in [1.29, 1.82) is 0 Å². The molecule has 0 aromatic heterocycles. The predicted molar refractivity (Wildman–Crippen MR) is 512 cm³/mol. The van der Waals surface area contributed by atoms with Crippen LogP contribution in [-0.4, -0.2) is 45.9 Å². The van der Waals surface area contributed by atoms with Crippen LogP contribution in [0.25, 0.3) is 0 Å². The lowest BCUT2D eigenvalue weighted by atomic mass is 9.33. The first-order chi connectivity index (χ1) is 47.7. The first-order valence-corrected chi connectivity index (χ1v) is 74.4. The number of carbonyl (C=O) groups is 4. The van der Waals surface area contributed by atoms with Gasteiger partial charge in [0, 0.05) is 308 Å². The third kappa shape index (κ3) is 20.7. The van der Waals surface area contributed by atoms with Crippen LogP contribution in [0.2, 0.25) is 0 Å². The molecule has 0 aromatic carbocycles. The Morgan fingerprint density at radius 2 is 0.673 bits per heavy atom.